The Labute approximate surface area is 120 Å². The minimum atomic E-state index is -1.08. The van der Waals surface area contributed by atoms with E-state index in [0.717, 1.165) is 39.6 Å². The summed E-state index contributed by atoms with van der Waals surface area (Å²) in [4.78, 5) is 27.2. The van der Waals surface area contributed by atoms with Crippen molar-refractivity contribution in [3.8, 4) is 0 Å². The standard InChI is InChI=1S/C5H9N3O2.2C2H4O2.Cu/c9-8(10)4-5-6-2-1-3-7-5;2*1-2(3)4;/h4,6-7H,1-3H2;2*1H3,(H,3,4);/q;;;+2/p-2. The monoisotopic (exact) mass is 324 g/mol. The Morgan fingerprint density at radius 2 is 1.47 bits per heavy atom. The summed E-state index contributed by atoms with van der Waals surface area (Å²) in [6.45, 7) is 3.57. The summed E-state index contributed by atoms with van der Waals surface area (Å²) >= 11 is 0. The molecule has 0 unspecified atom stereocenters. The maximum absolute atomic E-state index is 9.92. The Kier molecular flexibility index (Phi) is 16.8. The Morgan fingerprint density at radius 3 is 1.74 bits per heavy atom. The molecule has 1 fully saturated rings. The number of hydrogen-bond acceptors (Lipinski definition) is 8. The number of rotatable bonds is 1. The smallest absolute Gasteiger partial charge is 0.550 e. The second-order valence-electron chi connectivity index (χ2n) is 3.02. The van der Waals surface area contributed by atoms with Gasteiger partial charge in [0.05, 0.1) is 4.92 Å². The number of nitrogens with one attached hydrogen (secondary N) is 2. The van der Waals surface area contributed by atoms with E-state index in [1.54, 1.807) is 0 Å². The van der Waals surface area contributed by atoms with Gasteiger partial charge in [-0.3, -0.25) is 10.1 Å². The number of carboxylic acid groups (broad SMARTS) is 2. The maximum Gasteiger partial charge on any atom is 2.00 e. The molecule has 0 aromatic carbocycles. The fourth-order valence-electron chi connectivity index (χ4n) is 0.794. The quantitative estimate of drug-likeness (QED) is 0.297. The van der Waals surface area contributed by atoms with Gasteiger partial charge >= 0.3 is 17.1 Å². The van der Waals surface area contributed by atoms with Crippen molar-refractivity contribution in [1.29, 1.82) is 0 Å². The molecule has 1 rings (SSSR count). The Morgan fingerprint density at radius 1 is 1.16 bits per heavy atom. The molecule has 2 N–H and O–H groups in total. The van der Waals surface area contributed by atoms with Crippen LogP contribution in [0.15, 0.2) is 12.0 Å². The molecule has 0 amide bonds. The second kappa shape index (κ2) is 14.3. The molecular weight excluding hydrogens is 310 g/mol. The van der Waals surface area contributed by atoms with Crippen LogP contribution in [-0.2, 0) is 26.7 Å². The largest absolute Gasteiger partial charge is 2.00 e. The van der Waals surface area contributed by atoms with E-state index in [1.165, 1.54) is 0 Å². The van der Waals surface area contributed by atoms with Crippen LogP contribution >= 0.6 is 0 Å². The zero-order chi connectivity index (χ0) is 14.6. The molecule has 0 saturated carbocycles. The van der Waals surface area contributed by atoms with Crippen molar-refractivity contribution in [2.24, 2.45) is 0 Å². The van der Waals surface area contributed by atoms with E-state index in [4.69, 9.17) is 19.8 Å². The van der Waals surface area contributed by atoms with E-state index in [1.807, 2.05) is 0 Å². The average Bonchev–Trinajstić information content (AvgIpc) is 2.16. The summed E-state index contributed by atoms with van der Waals surface area (Å²) < 4.78 is 0. The third-order valence-corrected chi connectivity index (χ3v) is 1.22. The molecule has 0 atom stereocenters. The normalized spacial score (nSPS) is 11.6. The van der Waals surface area contributed by atoms with E-state index in [2.05, 4.69) is 10.6 Å². The Hall–Kier alpha value is -1.80. The molecule has 1 aliphatic heterocycles. The molecule has 1 aliphatic rings. The number of nitro groups is 1. The van der Waals surface area contributed by atoms with E-state index in [9.17, 15) is 10.1 Å². The summed E-state index contributed by atoms with van der Waals surface area (Å²) in [5, 5.41) is 33.4. The van der Waals surface area contributed by atoms with Gasteiger partial charge in [0.2, 0.25) is 0 Å². The molecule has 9 nitrogen and oxygen atoms in total. The van der Waals surface area contributed by atoms with Gasteiger partial charge in [0.15, 0.2) is 5.82 Å². The van der Waals surface area contributed by atoms with Crippen molar-refractivity contribution < 1.29 is 41.8 Å². The molecule has 113 valence electrons. The van der Waals surface area contributed by atoms with Crippen LogP contribution in [0.4, 0.5) is 0 Å². The zero-order valence-electron chi connectivity index (χ0n) is 10.4. The number of nitrogens with zero attached hydrogens (tertiary/aromatic N) is 1. The van der Waals surface area contributed by atoms with Gasteiger partial charge in [-0.2, -0.15) is 0 Å². The number of carbonyl (C=O) groups excluding carboxylic acids is 2. The Balaban J connectivity index is -0.000000242. The van der Waals surface area contributed by atoms with Crippen LogP contribution in [0.3, 0.4) is 0 Å². The molecule has 1 heterocycles. The molecule has 1 saturated heterocycles. The third-order valence-electron chi connectivity index (χ3n) is 1.22. The van der Waals surface area contributed by atoms with Gasteiger partial charge in [-0.1, -0.05) is 0 Å². The third kappa shape index (κ3) is 31.4. The van der Waals surface area contributed by atoms with E-state index in [-0.39, 0.29) is 17.1 Å². The van der Waals surface area contributed by atoms with Crippen molar-refractivity contribution in [2.75, 3.05) is 13.1 Å². The molecule has 0 bridgehead atoms. The number of hydrogen-bond donors (Lipinski definition) is 2. The van der Waals surface area contributed by atoms with Crippen molar-refractivity contribution in [1.82, 2.24) is 10.6 Å². The maximum atomic E-state index is 9.92. The molecular formula is C9H15CuN3O6. The molecule has 1 radical (unpaired) electrons. The van der Waals surface area contributed by atoms with E-state index >= 15 is 0 Å². The topological polar surface area (TPSA) is 147 Å². The van der Waals surface area contributed by atoms with Gasteiger partial charge in [-0.05, 0) is 20.3 Å². The second-order valence-corrected chi connectivity index (χ2v) is 3.02. The van der Waals surface area contributed by atoms with Crippen molar-refractivity contribution >= 4 is 11.9 Å². The van der Waals surface area contributed by atoms with Gasteiger partial charge < -0.3 is 30.4 Å². The summed E-state index contributed by atoms with van der Waals surface area (Å²) in [5.74, 6) is -1.66. The van der Waals surface area contributed by atoms with Gasteiger partial charge in [0.25, 0.3) is 6.20 Å². The summed E-state index contributed by atoms with van der Waals surface area (Å²) in [5.41, 5.74) is 0. The first-order valence-electron chi connectivity index (χ1n) is 4.94. The van der Waals surface area contributed by atoms with Crippen LogP contribution in [0, 0.1) is 10.1 Å². The first-order chi connectivity index (χ1) is 8.25. The molecule has 19 heavy (non-hydrogen) atoms. The molecule has 0 aromatic rings. The first-order valence-corrected chi connectivity index (χ1v) is 4.94. The Bertz CT molecular complexity index is 293. The van der Waals surface area contributed by atoms with Crippen molar-refractivity contribution in [3.63, 3.8) is 0 Å². The van der Waals surface area contributed by atoms with Gasteiger partial charge in [-0.25, -0.2) is 0 Å². The number of carboxylic acids is 2. The van der Waals surface area contributed by atoms with Crippen LogP contribution < -0.4 is 20.8 Å². The predicted molar refractivity (Wildman–Crippen MR) is 57.1 cm³/mol. The number of carbonyl (C=O) groups is 2. The van der Waals surface area contributed by atoms with Gasteiger partial charge in [-0.15, -0.1) is 0 Å². The van der Waals surface area contributed by atoms with Crippen LogP contribution in [0.2, 0.25) is 0 Å². The number of aliphatic carboxylic acids is 2. The molecule has 0 aromatic heterocycles. The SMILES string of the molecule is CC(=O)[O-].CC(=O)[O-].O=[N+]([O-])C=C1NCCCN1.[Cu+2]. The summed E-state index contributed by atoms with van der Waals surface area (Å²) in [7, 11) is 0. The fourth-order valence-corrected chi connectivity index (χ4v) is 0.794. The van der Waals surface area contributed by atoms with Crippen LogP contribution in [0.5, 0.6) is 0 Å². The fraction of sp³-hybridized carbons (Fsp3) is 0.556. The molecule has 10 heteroatoms. The zero-order valence-corrected chi connectivity index (χ0v) is 11.3. The van der Waals surface area contributed by atoms with Gasteiger partial charge in [0, 0.05) is 25.0 Å². The van der Waals surface area contributed by atoms with Crippen LogP contribution in [0.25, 0.3) is 0 Å². The minimum Gasteiger partial charge on any atom is -0.550 e. The molecule has 0 spiro atoms. The summed E-state index contributed by atoms with van der Waals surface area (Å²) in [6.07, 6.45) is 1.95. The minimum absolute atomic E-state index is 0. The van der Waals surface area contributed by atoms with E-state index < -0.39 is 16.9 Å². The van der Waals surface area contributed by atoms with Crippen LogP contribution in [0.1, 0.15) is 20.3 Å². The van der Waals surface area contributed by atoms with Gasteiger partial charge in [0.1, 0.15) is 0 Å². The van der Waals surface area contributed by atoms with Crippen molar-refractivity contribution in [3.05, 3.63) is 22.1 Å². The average molecular weight is 325 g/mol. The summed E-state index contributed by atoms with van der Waals surface area (Å²) in [6, 6.07) is 0. The van der Waals surface area contributed by atoms with Crippen LogP contribution in [-0.4, -0.2) is 30.0 Å². The molecule has 0 aliphatic carbocycles. The predicted octanol–water partition coefficient (Wildman–Crippen LogP) is -2.85. The first kappa shape index (κ1) is 22.4. The van der Waals surface area contributed by atoms with E-state index in [0.29, 0.717) is 5.82 Å². The van der Waals surface area contributed by atoms with Crippen molar-refractivity contribution in [2.45, 2.75) is 20.3 Å².